The molecule has 0 spiro atoms. The number of nitrogens with one attached hydrogen (secondary N) is 1. The third-order valence-corrected chi connectivity index (χ3v) is 5.17. The van der Waals surface area contributed by atoms with Gasteiger partial charge in [0.15, 0.2) is 0 Å². The Morgan fingerprint density at radius 3 is 2.59 bits per heavy atom. The molecule has 0 fully saturated rings. The van der Waals surface area contributed by atoms with Crippen LogP contribution in [0.5, 0.6) is 0 Å². The molecular formula is C19H20FN3O3S. The van der Waals surface area contributed by atoms with Crippen molar-refractivity contribution in [3.8, 4) is 0 Å². The molecule has 1 amide bonds. The molecule has 0 saturated heterocycles. The molecule has 2 aromatic heterocycles. The number of unbranched alkanes of at least 4 members (excludes halogenated alkanes) is 1. The lowest BCUT2D eigenvalue weighted by Crippen LogP contribution is -2.42. The van der Waals surface area contributed by atoms with Crippen LogP contribution >= 0.6 is 11.3 Å². The SMILES string of the molecule is CCCCn1c(=O)c2sccc2n(CC(=O)NCc2ccc(F)cc2)c1=O. The number of fused-ring (bicyclic) bond motifs is 1. The molecule has 0 unspecified atom stereocenters. The highest BCUT2D eigenvalue weighted by molar-refractivity contribution is 7.17. The molecule has 6 nitrogen and oxygen atoms in total. The summed E-state index contributed by atoms with van der Waals surface area (Å²) >= 11 is 1.26. The highest BCUT2D eigenvalue weighted by Gasteiger charge is 2.16. The largest absolute Gasteiger partial charge is 0.350 e. The number of benzene rings is 1. The summed E-state index contributed by atoms with van der Waals surface area (Å²) in [4.78, 5) is 37.6. The Bertz CT molecular complexity index is 1070. The number of hydrogen-bond donors (Lipinski definition) is 1. The van der Waals surface area contributed by atoms with Gasteiger partial charge in [-0.15, -0.1) is 11.3 Å². The maximum absolute atomic E-state index is 12.9. The van der Waals surface area contributed by atoms with Gasteiger partial charge in [0.05, 0.1) is 5.52 Å². The van der Waals surface area contributed by atoms with Crippen molar-refractivity contribution in [2.24, 2.45) is 0 Å². The summed E-state index contributed by atoms with van der Waals surface area (Å²) in [7, 11) is 0. The Morgan fingerprint density at radius 2 is 1.89 bits per heavy atom. The number of halogens is 1. The molecule has 1 aromatic carbocycles. The van der Waals surface area contributed by atoms with E-state index in [2.05, 4.69) is 5.32 Å². The third-order valence-electron chi connectivity index (χ3n) is 4.28. The number of aromatic nitrogens is 2. The van der Waals surface area contributed by atoms with Crippen LogP contribution in [0, 0.1) is 5.82 Å². The predicted octanol–water partition coefficient (Wildman–Crippen LogP) is 2.48. The molecule has 0 aliphatic carbocycles. The second kappa shape index (κ2) is 8.30. The average molecular weight is 389 g/mol. The van der Waals surface area contributed by atoms with Gasteiger partial charge in [-0.25, -0.2) is 9.18 Å². The van der Waals surface area contributed by atoms with E-state index in [0.717, 1.165) is 12.0 Å². The van der Waals surface area contributed by atoms with E-state index in [1.165, 1.54) is 32.6 Å². The van der Waals surface area contributed by atoms with E-state index < -0.39 is 5.69 Å². The van der Waals surface area contributed by atoms with Gasteiger partial charge in [0.1, 0.15) is 17.1 Å². The molecule has 0 bridgehead atoms. The first-order chi connectivity index (χ1) is 13.0. The first kappa shape index (κ1) is 19.0. The fourth-order valence-electron chi connectivity index (χ4n) is 2.80. The zero-order valence-corrected chi connectivity index (χ0v) is 15.7. The summed E-state index contributed by atoms with van der Waals surface area (Å²) < 4.78 is 16.0. The molecule has 3 aromatic rings. The third kappa shape index (κ3) is 4.16. The van der Waals surface area contributed by atoms with Crippen LogP contribution in [-0.2, 0) is 24.4 Å². The van der Waals surface area contributed by atoms with Crippen LogP contribution in [0.3, 0.4) is 0 Å². The molecular weight excluding hydrogens is 369 g/mol. The van der Waals surface area contributed by atoms with E-state index in [1.807, 2.05) is 6.92 Å². The summed E-state index contributed by atoms with van der Waals surface area (Å²) in [5, 5.41) is 4.46. The number of carbonyl (C=O) groups is 1. The smallest absolute Gasteiger partial charge is 0.332 e. The van der Waals surface area contributed by atoms with Gasteiger partial charge in [-0.2, -0.15) is 0 Å². The molecule has 142 valence electrons. The highest BCUT2D eigenvalue weighted by atomic mass is 32.1. The van der Waals surface area contributed by atoms with Crippen molar-refractivity contribution in [1.29, 1.82) is 0 Å². The Labute approximate surface area is 158 Å². The number of carbonyl (C=O) groups excluding carboxylic acids is 1. The van der Waals surface area contributed by atoms with E-state index in [4.69, 9.17) is 0 Å². The van der Waals surface area contributed by atoms with Gasteiger partial charge in [0, 0.05) is 13.1 Å². The molecule has 0 atom stereocenters. The summed E-state index contributed by atoms with van der Waals surface area (Å²) in [5.74, 6) is -0.694. The molecule has 8 heteroatoms. The maximum atomic E-state index is 12.9. The normalized spacial score (nSPS) is 11.0. The van der Waals surface area contributed by atoms with E-state index in [9.17, 15) is 18.8 Å². The van der Waals surface area contributed by atoms with Crippen molar-refractivity contribution < 1.29 is 9.18 Å². The van der Waals surface area contributed by atoms with Gasteiger partial charge in [-0.05, 0) is 35.6 Å². The Morgan fingerprint density at radius 1 is 1.15 bits per heavy atom. The van der Waals surface area contributed by atoms with Gasteiger partial charge >= 0.3 is 5.69 Å². The van der Waals surface area contributed by atoms with Crippen molar-refractivity contribution in [3.63, 3.8) is 0 Å². The topological polar surface area (TPSA) is 73.1 Å². The Balaban J connectivity index is 1.84. The quantitative estimate of drug-likeness (QED) is 0.675. The fraction of sp³-hybridized carbons (Fsp3) is 0.316. The Hall–Kier alpha value is -2.74. The lowest BCUT2D eigenvalue weighted by molar-refractivity contribution is -0.121. The molecule has 27 heavy (non-hydrogen) atoms. The van der Waals surface area contributed by atoms with Crippen molar-refractivity contribution in [1.82, 2.24) is 14.5 Å². The number of hydrogen-bond acceptors (Lipinski definition) is 4. The van der Waals surface area contributed by atoms with Gasteiger partial charge in [0.25, 0.3) is 5.56 Å². The monoisotopic (exact) mass is 389 g/mol. The number of amides is 1. The van der Waals surface area contributed by atoms with Crippen LogP contribution in [-0.4, -0.2) is 15.0 Å². The first-order valence-electron chi connectivity index (χ1n) is 8.73. The summed E-state index contributed by atoms with van der Waals surface area (Å²) in [6.07, 6.45) is 1.56. The van der Waals surface area contributed by atoms with E-state index >= 15 is 0 Å². The van der Waals surface area contributed by atoms with E-state index in [1.54, 1.807) is 23.6 Å². The summed E-state index contributed by atoms with van der Waals surface area (Å²) in [6, 6.07) is 7.50. The molecule has 1 N–H and O–H groups in total. The fourth-order valence-corrected chi connectivity index (χ4v) is 3.64. The standard InChI is InChI=1S/C19H20FN3O3S/c1-2-3-9-22-18(25)17-15(8-10-27-17)23(19(22)26)12-16(24)21-11-13-4-6-14(20)7-5-13/h4-8,10H,2-3,9,11-12H2,1H3,(H,21,24). The minimum atomic E-state index is -0.476. The van der Waals surface area contributed by atoms with Gasteiger partial charge in [0.2, 0.25) is 5.91 Å². The lowest BCUT2D eigenvalue weighted by atomic mass is 10.2. The maximum Gasteiger partial charge on any atom is 0.332 e. The lowest BCUT2D eigenvalue weighted by Gasteiger charge is -2.12. The minimum Gasteiger partial charge on any atom is -0.350 e. The predicted molar refractivity (Wildman–Crippen MR) is 103 cm³/mol. The van der Waals surface area contributed by atoms with Crippen LogP contribution in [0.15, 0.2) is 45.3 Å². The molecule has 3 rings (SSSR count). The number of rotatable bonds is 7. The number of nitrogens with zero attached hydrogens (tertiary/aromatic N) is 2. The zero-order chi connectivity index (χ0) is 19.4. The van der Waals surface area contributed by atoms with Gasteiger partial charge in [-0.1, -0.05) is 25.5 Å². The minimum absolute atomic E-state index is 0.181. The molecule has 0 aliphatic rings. The van der Waals surface area contributed by atoms with Crippen molar-refractivity contribution in [2.75, 3.05) is 0 Å². The van der Waals surface area contributed by atoms with Crippen LogP contribution in [0.4, 0.5) is 4.39 Å². The molecule has 0 radical (unpaired) electrons. The van der Waals surface area contributed by atoms with Crippen LogP contribution in [0.2, 0.25) is 0 Å². The van der Waals surface area contributed by atoms with Crippen molar-refractivity contribution in [3.05, 3.63) is 67.9 Å². The summed E-state index contributed by atoms with van der Waals surface area (Å²) in [5.41, 5.74) is 0.447. The van der Waals surface area contributed by atoms with Gasteiger partial charge in [-0.3, -0.25) is 18.7 Å². The van der Waals surface area contributed by atoms with Gasteiger partial charge < -0.3 is 5.32 Å². The van der Waals surface area contributed by atoms with Crippen molar-refractivity contribution >= 4 is 27.5 Å². The molecule has 2 heterocycles. The second-order valence-electron chi connectivity index (χ2n) is 6.22. The Kier molecular flexibility index (Phi) is 5.85. The van der Waals surface area contributed by atoms with Crippen molar-refractivity contribution in [2.45, 2.75) is 39.4 Å². The average Bonchev–Trinajstić information content (AvgIpc) is 3.14. The van der Waals surface area contributed by atoms with Crippen LogP contribution < -0.4 is 16.6 Å². The molecule has 0 aliphatic heterocycles. The van der Waals surface area contributed by atoms with Crippen LogP contribution in [0.1, 0.15) is 25.3 Å². The zero-order valence-electron chi connectivity index (χ0n) is 14.9. The highest BCUT2D eigenvalue weighted by Crippen LogP contribution is 2.15. The number of thiophene rings is 1. The summed E-state index contributed by atoms with van der Waals surface area (Å²) in [6.45, 7) is 2.37. The van der Waals surface area contributed by atoms with E-state index in [0.29, 0.717) is 23.2 Å². The van der Waals surface area contributed by atoms with Crippen LogP contribution in [0.25, 0.3) is 10.2 Å². The first-order valence-corrected chi connectivity index (χ1v) is 9.61. The van der Waals surface area contributed by atoms with E-state index in [-0.39, 0.29) is 30.4 Å². The molecule has 0 saturated carbocycles. The second-order valence-corrected chi connectivity index (χ2v) is 7.13.